The minimum absolute atomic E-state index is 0.0830. The Morgan fingerprint density at radius 2 is 1.93 bits per heavy atom. The lowest BCUT2D eigenvalue weighted by Gasteiger charge is -2.22. The summed E-state index contributed by atoms with van der Waals surface area (Å²) in [4.78, 5) is 29.6. The summed E-state index contributed by atoms with van der Waals surface area (Å²) in [5.74, 6) is -3.17. The van der Waals surface area contributed by atoms with E-state index in [-0.39, 0.29) is 25.1 Å². The lowest BCUT2D eigenvalue weighted by atomic mass is 10.0. The number of aromatic nitrogens is 1. The van der Waals surface area contributed by atoms with Gasteiger partial charge in [0, 0.05) is 48.4 Å². The van der Waals surface area contributed by atoms with E-state index in [1.54, 1.807) is 18.3 Å². The van der Waals surface area contributed by atoms with Crippen molar-refractivity contribution in [2.24, 2.45) is 0 Å². The van der Waals surface area contributed by atoms with Crippen LogP contribution in [0.2, 0.25) is 0 Å². The minimum Gasteiger partial charge on any atom is -0.372 e. The van der Waals surface area contributed by atoms with Crippen LogP contribution in [0.25, 0.3) is 10.9 Å². The molecule has 0 spiro atoms. The molecule has 0 saturated carbocycles. The molecule has 1 atom stereocenters. The van der Waals surface area contributed by atoms with Crippen molar-refractivity contribution in [1.82, 2.24) is 10.3 Å². The van der Waals surface area contributed by atoms with Gasteiger partial charge in [0.2, 0.25) is 5.60 Å². The van der Waals surface area contributed by atoms with Gasteiger partial charge in [0.1, 0.15) is 11.6 Å². The first-order valence-electron chi connectivity index (χ1n) is 8.71. The summed E-state index contributed by atoms with van der Waals surface area (Å²) >= 11 is 0. The van der Waals surface area contributed by atoms with Crippen molar-refractivity contribution in [2.45, 2.75) is 18.6 Å². The Labute approximate surface area is 158 Å². The Hall–Kier alpha value is -3.26. The van der Waals surface area contributed by atoms with Gasteiger partial charge in [0.15, 0.2) is 0 Å². The molecule has 1 aromatic heterocycles. The van der Waals surface area contributed by atoms with Gasteiger partial charge in [-0.15, -0.1) is 0 Å². The highest BCUT2D eigenvalue weighted by Gasteiger charge is 2.51. The van der Waals surface area contributed by atoms with Crippen LogP contribution in [0.5, 0.6) is 0 Å². The summed E-state index contributed by atoms with van der Waals surface area (Å²) in [6, 6.07) is 10.1. The average molecular weight is 385 g/mol. The van der Waals surface area contributed by atoms with Crippen molar-refractivity contribution in [2.75, 3.05) is 11.4 Å². The molecule has 0 bridgehead atoms. The molecule has 3 N–H and O–H groups in total. The number of hydrogen-bond acceptors (Lipinski definition) is 3. The fourth-order valence-electron chi connectivity index (χ4n) is 3.41. The number of benzene rings is 2. The second kappa shape index (κ2) is 6.72. The fourth-order valence-corrected chi connectivity index (χ4v) is 3.41. The Kier molecular flexibility index (Phi) is 4.35. The fraction of sp³-hybridized carbons (Fsp3) is 0.200. The van der Waals surface area contributed by atoms with Crippen LogP contribution >= 0.6 is 0 Å². The molecular weight excluding hydrogens is 368 g/mol. The molecule has 1 aliphatic rings. The van der Waals surface area contributed by atoms with Gasteiger partial charge in [0.05, 0.1) is 0 Å². The van der Waals surface area contributed by atoms with Crippen LogP contribution in [0.1, 0.15) is 12.0 Å². The third kappa shape index (κ3) is 3.11. The van der Waals surface area contributed by atoms with Gasteiger partial charge >= 0.3 is 0 Å². The predicted octanol–water partition coefficient (Wildman–Crippen LogP) is 2.23. The molecule has 144 valence electrons. The highest BCUT2D eigenvalue weighted by atomic mass is 19.1. The maximum absolute atomic E-state index is 13.3. The van der Waals surface area contributed by atoms with Crippen LogP contribution in [0.4, 0.5) is 14.5 Å². The summed E-state index contributed by atoms with van der Waals surface area (Å²) in [5, 5.41) is 14.0. The van der Waals surface area contributed by atoms with Gasteiger partial charge in [-0.05, 0) is 42.0 Å². The minimum atomic E-state index is -2.22. The van der Waals surface area contributed by atoms with Crippen molar-refractivity contribution >= 4 is 28.4 Å². The largest absolute Gasteiger partial charge is 0.372 e. The molecule has 0 radical (unpaired) electrons. The van der Waals surface area contributed by atoms with Crippen molar-refractivity contribution in [3.63, 3.8) is 0 Å². The molecule has 1 fully saturated rings. The maximum atomic E-state index is 13.3. The van der Waals surface area contributed by atoms with Crippen molar-refractivity contribution in [3.05, 3.63) is 65.9 Å². The molecule has 0 unspecified atom stereocenters. The first kappa shape index (κ1) is 18.1. The average Bonchev–Trinajstić information content (AvgIpc) is 3.24. The Morgan fingerprint density at radius 1 is 1.18 bits per heavy atom. The number of nitrogens with zero attached hydrogens (tertiary/aromatic N) is 1. The quantitative estimate of drug-likeness (QED) is 0.602. The number of nitrogens with one attached hydrogen (secondary N) is 2. The van der Waals surface area contributed by atoms with Crippen LogP contribution < -0.4 is 10.2 Å². The van der Waals surface area contributed by atoms with Gasteiger partial charge in [0.25, 0.3) is 11.8 Å². The summed E-state index contributed by atoms with van der Waals surface area (Å²) in [6.45, 7) is -0.0360. The number of halogens is 2. The van der Waals surface area contributed by atoms with Crippen LogP contribution in [0.3, 0.4) is 0 Å². The van der Waals surface area contributed by atoms with Gasteiger partial charge < -0.3 is 20.3 Å². The molecule has 3 aromatic rings. The van der Waals surface area contributed by atoms with Gasteiger partial charge in [-0.1, -0.05) is 0 Å². The summed E-state index contributed by atoms with van der Waals surface area (Å²) in [6.07, 6.45) is 1.69. The second-order valence-electron chi connectivity index (χ2n) is 6.78. The van der Waals surface area contributed by atoms with Crippen LogP contribution in [-0.2, 0) is 16.1 Å². The first-order valence-corrected chi connectivity index (χ1v) is 8.71. The Morgan fingerprint density at radius 3 is 2.68 bits per heavy atom. The van der Waals surface area contributed by atoms with Crippen LogP contribution in [0.15, 0.2) is 48.7 Å². The van der Waals surface area contributed by atoms with E-state index in [0.717, 1.165) is 29.1 Å². The standard InChI is InChI=1S/C20H17F2N3O3/c21-14-7-12(8-15(22)10-14)11-24-18(26)20(28)4-6-25(19(20)27)16-1-2-17-13(9-16)3-5-23-17/h1-3,5,7-10,23,28H,4,6,11H2,(H,24,26)/t20-/m0/s1. The lowest BCUT2D eigenvalue weighted by Crippen LogP contribution is -2.52. The molecule has 28 heavy (non-hydrogen) atoms. The topological polar surface area (TPSA) is 85.4 Å². The summed E-state index contributed by atoms with van der Waals surface area (Å²) in [5.41, 5.74) is -0.549. The van der Waals surface area contributed by atoms with Crippen molar-refractivity contribution < 1.29 is 23.5 Å². The lowest BCUT2D eigenvalue weighted by molar-refractivity contribution is -0.149. The predicted molar refractivity (Wildman–Crippen MR) is 98.4 cm³/mol. The monoisotopic (exact) mass is 385 g/mol. The summed E-state index contributed by atoms with van der Waals surface area (Å²) in [7, 11) is 0. The van der Waals surface area contributed by atoms with E-state index < -0.39 is 29.0 Å². The SMILES string of the molecule is O=C(NCc1cc(F)cc(F)c1)[C@@]1(O)CCN(c2ccc3[nH]ccc3c2)C1=O. The molecule has 1 saturated heterocycles. The Bertz CT molecular complexity index is 1060. The number of hydrogen-bond donors (Lipinski definition) is 3. The molecule has 1 aliphatic heterocycles. The number of fused-ring (bicyclic) bond motifs is 1. The van der Waals surface area contributed by atoms with Crippen molar-refractivity contribution in [1.29, 1.82) is 0 Å². The van der Waals surface area contributed by atoms with E-state index in [4.69, 9.17) is 0 Å². The van der Waals surface area contributed by atoms with E-state index in [1.807, 2.05) is 12.1 Å². The molecule has 2 heterocycles. The number of carbonyl (C=O) groups excluding carboxylic acids is 2. The molecule has 4 rings (SSSR count). The number of rotatable bonds is 4. The zero-order chi connectivity index (χ0) is 19.9. The van der Waals surface area contributed by atoms with Crippen molar-refractivity contribution in [3.8, 4) is 0 Å². The molecule has 6 nitrogen and oxygen atoms in total. The van der Waals surface area contributed by atoms with Crippen LogP contribution in [0, 0.1) is 11.6 Å². The molecule has 8 heteroatoms. The number of amides is 2. The van der Waals surface area contributed by atoms with Gasteiger partial charge in [-0.25, -0.2) is 8.78 Å². The normalized spacial score (nSPS) is 19.4. The zero-order valence-electron chi connectivity index (χ0n) is 14.7. The van der Waals surface area contributed by atoms with E-state index in [1.165, 1.54) is 4.90 Å². The van der Waals surface area contributed by atoms with Crippen LogP contribution in [-0.4, -0.2) is 34.1 Å². The van der Waals surface area contributed by atoms with E-state index in [9.17, 15) is 23.5 Å². The van der Waals surface area contributed by atoms with Gasteiger partial charge in [-0.2, -0.15) is 0 Å². The third-order valence-electron chi connectivity index (χ3n) is 4.90. The van der Waals surface area contributed by atoms with E-state index >= 15 is 0 Å². The number of aliphatic hydroxyl groups is 1. The molecule has 2 aromatic carbocycles. The zero-order valence-corrected chi connectivity index (χ0v) is 14.7. The van der Waals surface area contributed by atoms with E-state index in [2.05, 4.69) is 10.3 Å². The third-order valence-corrected chi connectivity index (χ3v) is 4.90. The highest BCUT2D eigenvalue weighted by Crippen LogP contribution is 2.30. The molecule has 0 aliphatic carbocycles. The van der Waals surface area contributed by atoms with Gasteiger partial charge in [-0.3, -0.25) is 9.59 Å². The number of aromatic amines is 1. The number of anilines is 1. The molecular formula is C20H17F2N3O3. The number of carbonyl (C=O) groups is 2. The maximum Gasteiger partial charge on any atom is 0.268 e. The second-order valence-corrected chi connectivity index (χ2v) is 6.78. The highest BCUT2D eigenvalue weighted by molar-refractivity contribution is 6.16. The Balaban J connectivity index is 1.49. The first-order chi connectivity index (χ1) is 13.4. The summed E-state index contributed by atoms with van der Waals surface area (Å²) < 4.78 is 26.5. The smallest absolute Gasteiger partial charge is 0.268 e. The van der Waals surface area contributed by atoms with E-state index in [0.29, 0.717) is 5.69 Å². The molecule has 2 amide bonds. The number of H-pyrrole nitrogens is 1.